The predicted molar refractivity (Wildman–Crippen MR) is 630 cm³/mol. The molecular weight excluding hydrogens is 1890 g/mol. The molecule has 2 amide bonds. The van der Waals surface area contributed by atoms with Crippen LogP contribution in [0.2, 0.25) is 0 Å². The van der Waals surface area contributed by atoms with E-state index in [1.54, 1.807) is 6.92 Å². The highest BCUT2D eigenvalue weighted by Gasteiger charge is 2.33. The van der Waals surface area contributed by atoms with E-state index in [2.05, 4.69) is 473 Å². The number of hydrogen-bond donors (Lipinski definition) is 0. The van der Waals surface area contributed by atoms with Crippen molar-refractivity contribution in [3.63, 3.8) is 0 Å². The van der Waals surface area contributed by atoms with E-state index >= 15 is 0 Å². The molecule has 0 unspecified atom stereocenters. The van der Waals surface area contributed by atoms with Gasteiger partial charge in [-0.05, 0) is 230 Å². The van der Waals surface area contributed by atoms with E-state index in [0.29, 0.717) is 6.54 Å². The summed E-state index contributed by atoms with van der Waals surface area (Å²) in [6, 6.07) is 142. The number of amides is 2. The van der Waals surface area contributed by atoms with Gasteiger partial charge in [-0.2, -0.15) is 24.9 Å². The fourth-order valence-electron chi connectivity index (χ4n) is 17.5. The number of nitriles is 1. The number of ether oxygens (including phenoxy) is 1. The second kappa shape index (κ2) is 72.4. The van der Waals surface area contributed by atoms with Crippen molar-refractivity contribution < 1.29 is 14.3 Å². The molecule has 4 aliphatic rings. The van der Waals surface area contributed by atoms with Gasteiger partial charge in [0.15, 0.2) is 58.7 Å². The fourth-order valence-corrected chi connectivity index (χ4v) is 25.9. The number of para-hydroxylation sites is 1. The molecule has 13 aromatic carbocycles. The van der Waals surface area contributed by atoms with Gasteiger partial charge in [0.25, 0.3) is 0 Å². The molecule has 0 spiro atoms. The Morgan fingerprint density at radius 1 is 0.270 bits per heavy atom. The van der Waals surface area contributed by atoms with Crippen LogP contribution >= 0.6 is 0 Å². The van der Waals surface area contributed by atoms with Crippen LogP contribution in [0, 0.1) is 11.3 Å². The Morgan fingerprint density at radius 2 is 0.473 bits per heavy atom. The van der Waals surface area contributed by atoms with Crippen molar-refractivity contribution in [2.45, 2.75) is 197 Å². The van der Waals surface area contributed by atoms with Crippen LogP contribution in [0.3, 0.4) is 0 Å². The van der Waals surface area contributed by atoms with Crippen molar-refractivity contribution in [2.75, 3.05) is 182 Å². The molecule has 0 atom stereocenters. The van der Waals surface area contributed by atoms with E-state index in [4.69, 9.17) is 10.00 Å². The van der Waals surface area contributed by atoms with Gasteiger partial charge >= 0.3 is 6.09 Å². The number of anilines is 1. The van der Waals surface area contributed by atoms with Gasteiger partial charge in [-0.3, -0.25) is 24.4 Å². The van der Waals surface area contributed by atoms with Gasteiger partial charge in [-0.15, -0.1) is 19.6 Å². The first-order valence-electron chi connectivity index (χ1n) is 54.2. The maximum atomic E-state index is 11.9. The van der Waals surface area contributed by atoms with E-state index in [1.807, 2.05) is 30.6 Å². The van der Waals surface area contributed by atoms with Crippen LogP contribution < -0.4 is 4.90 Å². The number of piperazine rings is 4. The average molecular weight is 2060 g/mol. The molecule has 0 bridgehead atoms. The van der Waals surface area contributed by atoms with Crippen LogP contribution in [0.1, 0.15) is 132 Å². The largest absolute Gasteiger partial charge is 0.662 e. The molecule has 4 aliphatic heterocycles. The van der Waals surface area contributed by atoms with Gasteiger partial charge in [0, 0.05) is 117 Å². The summed E-state index contributed by atoms with van der Waals surface area (Å²) in [6.07, 6.45) is 15.1. The first-order chi connectivity index (χ1) is 72.7. The van der Waals surface area contributed by atoms with Crippen molar-refractivity contribution in [3.05, 3.63) is 410 Å². The minimum Gasteiger partial charge on any atom is -0.662 e. The first-order valence-corrected chi connectivity index (χ1v) is 59.1. The number of carbonyl (C=O) groups is 2. The van der Waals surface area contributed by atoms with E-state index in [0.717, 1.165) is 137 Å². The maximum Gasteiger partial charge on any atom is 0.410 e. The zero-order valence-corrected chi connectivity index (χ0v) is 93.1. The van der Waals surface area contributed by atoms with Gasteiger partial charge < -0.3 is 40.3 Å². The lowest BCUT2D eigenvalue weighted by Gasteiger charge is -2.36. The Morgan fingerprint density at radius 3 is 0.682 bits per heavy atom. The first kappa shape index (κ1) is 119. The SMILES string of the molecule is CCCCCN1CCN(C(=O)OC(C)(C)C)CC1.CC[N-]CCCCCN1CCN(C(C)=O)CC1.CC[N-]CCCCCN1CCN(CC#N)CC1.CC[N-]CCCCCN1CCN(c2ccccc2)CC1.c1ccc([S+](c2ccccc2)c2ccccc2)cc1.c1ccc([S+](c2ccccc2)c2ccccc2)cc1.c1ccc([S+](c2ccccc2)c2ccccc2)cc1.c1ccc([S+](c2ccccc2)c2ccccc2)cc1. The number of nitrogens with zero attached hydrogens (tertiary/aromatic N) is 12. The molecule has 19 heteroatoms. The van der Waals surface area contributed by atoms with Gasteiger partial charge in [0.05, 0.1) is 56.2 Å². The van der Waals surface area contributed by atoms with Crippen LogP contribution in [0.25, 0.3) is 16.0 Å². The summed E-state index contributed by atoms with van der Waals surface area (Å²) in [5.74, 6) is 0.214. The third-order valence-corrected chi connectivity index (χ3v) is 34.4. The molecule has 4 saturated heterocycles. The van der Waals surface area contributed by atoms with Crippen LogP contribution in [-0.4, -0.2) is 229 Å². The van der Waals surface area contributed by atoms with Crippen molar-refractivity contribution >= 4 is 61.3 Å². The Labute approximate surface area is 903 Å². The van der Waals surface area contributed by atoms with Crippen LogP contribution in [-0.2, 0) is 53.1 Å². The average Bonchev–Trinajstić information content (AvgIpc) is 0.830. The molecule has 0 N–H and O–H groups in total. The fraction of sp³-hybridized carbons (Fsp3) is 0.372. The van der Waals surface area contributed by atoms with Crippen molar-refractivity contribution in [3.8, 4) is 6.07 Å². The van der Waals surface area contributed by atoms with E-state index in [1.165, 1.54) is 174 Å². The molecule has 15 nitrogen and oxygen atoms in total. The Kier molecular flexibility index (Phi) is 58.1. The lowest BCUT2D eigenvalue weighted by atomic mass is 10.2. The number of unbranched alkanes of at least 4 members (excludes halogenated alkanes) is 8. The number of rotatable bonds is 39. The minimum atomic E-state index is -0.394. The second-order valence-corrected chi connectivity index (χ2v) is 45.9. The quantitative estimate of drug-likeness (QED) is 0.0208. The highest BCUT2D eigenvalue weighted by molar-refractivity contribution is 7.98. The highest BCUT2D eigenvalue weighted by Crippen LogP contribution is 2.36. The third-order valence-electron chi connectivity index (χ3n) is 25.5. The van der Waals surface area contributed by atoms with Crippen molar-refractivity contribution in [1.82, 2.24) is 34.3 Å². The summed E-state index contributed by atoms with van der Waals surface area (Å²) in [5, 5.41) is 21.7. The van der Waals surface area contributed by atoms with Crippen LogP contribution in [0.4, 0.5) is 10.5 Å². The van der Waals surface area contributed by atoms with Crippen LogP contribution in [0.15, 0.2) is 453 Å². The van der Waals surface area contributed by atoms with E-state index in [-0.39, 0.29) is 55.6 Å². The molecule has 4 heterocycles. The zero-order chi connectivity index (χ0) is 104. The second-order valence-electron chi connectivity index (χ2n) is 37.8. The molecule has 0 saturated carbocycles. The number of benzene rings is 13. The molecule has 13 aromatic rings. The molecule has 784 valence electrons. The summed E-state index contributed by atoms with van der Waals surface area (Å²) in [4.78, 5) is 57.9. The summed E-state index contributed by atoms with van der Waals surface area (Å²) in [6.45, 7) is 43.8. The summed E-state index contributed by atoms with van der Waals surface area (Å²) < 4.78 is 5.38. The smallest absolute Gasteiger partial charge is 0.410 e. The molecular formula is C129H167N12O3S4+. The topological polar surface area (TPSA) is 135 Å². The van der Waals surface area contributed by atoms with Crippen molar-refractivity contribution in [2.24, 2.45) is 0 Å². The molecule has 148 heavy (non-hydrogen) atoms. The number of hydrogen-bond acceptors (Lipinski definition) is 10. The monoisotopic (exact) mass is 2060 g/mol. The third kappa shape index (κ3) is 45.8. The lowest BCUT2D eigenvalue weighted by Crippen LogP contribution is -2.50. The summed E-state index contributed by atoms with van der Waals surface area (Å²) >= 11 is 0. The minimum absolute atomic E-state index is 0.0146. The predicted octanol–water partition coefficient (Wildman–Crippen LogP) is 28.6. The molecule has 4 fully saturated rings. The highest BCUT2D eigenvalue weighted by atomic mass is 32.2. The molecule has 0 radical (unpaired) electrons. The lowest BCUT2D eigenvalue weighted by molar-refractivity contribution is -0.130. The van der Waals surface area contributed by atoms with Gasteiger partial charge in [-0.25, -0.2) is 4.79 Å². The molecule has 17 rings (SSSR count). The standard InChI is InChI=1S/4C18H15S.C17H28N3.C14H28N2O2.C13H25N4.C13H26N3O/c4*1-4-10-16(11-5-1)19(17-12-6-2-7-13-17)18-14-8-3-9-15-18;1-2-18-11-7-4-8-12-19-13-15-20(16-14-19)17-9-5-3-6-10-17;1-5-6-7-8-15-9-11-16(12-10-15)13(17)18-14(2,3)4;1-2-15-7-4-3-5-8-16-10-12-17(9-6-14)13-11-16;1-3-14-7-5-4-6-8-15-9-11-16(12-10-15)13(2)17/h4*1-15H;3,5-6,9-10H,2,4,7-8,11-16H2,1H3;5-12H2,1-4H3;2-5,7-13H2,1H3;3-12H2,1-2H3/q4*+1;-1;;2*-1. The Balaban J connectivity index is 0.000000173. The zero-order valence-electron chi connectivity index (χ0n) is 89.8. The normalized spacial score (nSPS) is 13.9. The summed E-state index contributed by atoms with van der Waals surface area (Å²) in [7, 11) is -0.0585. The molecule has 0 aromatic heterocycles. The van der Waals surface area contributed by atoms with Crippen molar-refractivity contribution in [1.29, 1.82) is 5.26 Å². The van der Waals surface area contributed by atoms with Gasteiger partial charge in [-0.1, -0.05) is 316 Å². The van der Waals surface area contributed by atoms with Gasteiger partial charge in [0.1, 0.15) is 5.60 Å². The number of carbonyl (C=O) groups excluding carboxylic acids is 2. The van der Waals surface area contributed by atoms with Gasteiger partial charge in [0.2, 0.25) is 5.91 Å². The maximum absolute atomic E-state index is 11.9. The Bertz CT molecular complexity index is 4680. The van der Waals surface area contributed by atoms with E-state index in [9.17, 15) is 9.59 Å². The van der Waals surface area contributed by atoms with E-state index < -0.39 is 5.60 Å². The Hall–Kier alpha value is -11.0. The summed E-state index contributed by atoms with van der Waals surface area (Å²) in [5.41, 5.74) is 0.975. The van der Waals surface area contributed by atoms with Crippen LogP contribution in [0.5, 0.6) is 0 Å². The molecule has 0 aliphatic carbocycles.